The van der Waals surface area contributed by atoms with Crippen LogP contribution in [0.15, 0.2) is 97.1 Å². The molecule has 0 heteroatoms. The minimum Gasteiger partial charge on any atom is -0.0654 e. The molecule has 194 valence electrons. The van der Waals surface area contributed by atoms with Gasteiger partial charge in [0, 0.05) is 0 Å². The maximum atomic E-state index is 2.50. The Balaban J connectivity index is 1.85. The van der Waals surface area contributed by atoms with Gasteiger partial charge in [-0.15, -0.1) is 0 Å². The maximum absolute atomic E-state index is 2.50. The van der Waals surface area contributed by atoms with E-state index < -0.39 is 0 Å². The molecule has 5 aromatic carbocycles. The van der Waals surface area contributed by atoms with Crippen LogP contribution in [0.2, 0.25) is 0 Å². The summed E-state index contributed by atoms with van der Waals surface area (Å²) in [5.41, 5.74) is 8.71. The zero-order valence-electron chi connectivity index (χ0n) is 23.3. The van der Waals surface area contributed by atoms with Gasteiger partial charge in [-0.25, -0.2) is 0 Å². The van der Waals surface area contributed by atoms with Crippen molar-refractivity contribution in [2.24, 2.45) is 0 Å². The first-order valence-corrected chi connectivity index (χ1v) is 14.9. The second-order valence-electron chi connectivity index (χ2n) is 10.8. The summed E-state index contributed by atoms with van der Waals surface area (Å²) in [6.07, 6.45) is 12.6. The van der Waals surface area contributed by atoms with Gasteiger partial charge in [-0.05, 0) is 92.7 Å². The molecule has 0 heterocycles. The first-order valence-electron chi connectivity index (χ1n) is 14.9. The van der Waals surface area contributed by atoms with Crippen LogP contribution in [0.1, 0.15) is 76.3 Å². The Morgan fingerprint density at radius 1 is 0.421 bits per heavy atom. The Labute approximate surface area is 229 Å². The van der Waals surface area contributed by atoms with Crippen molar-refractivity contribution in [3.63, 3.8) is 0 Å². The molecule has 0 bridgehead atoms. The lowest BCUT2D eigenvalue weighted by molar-refractivity contribution is 0.652. The van der Waals surface area contributed by atoms with Crippen LogP contribution in [0, 0.1) is 0 Å². The monoisotopic (exact) mass is 498 g/mol. The van der Waals surface area contributed by atoms with E-state index in [4.69, 9.17) is 0 Å². The van der Waals surface area contributed by atoms with Crippen molar-refractivity contribution in [1.82, 2.24) is 0 Å². The second-order valence-corrected chi connectivity index (χ2v) is 10.8. The summed E-state index contributed by atoms with van der Waals surface area (Å²) >= 11 is 0. The highest BCUT2D eigenvalue weighted by atomic mass is 14.3. The summed E-state index contributed by atoms with van der Waals surface area (Å²) in [4.78, 5) is 0. The Bertz CT molecular complexity index is 1460. The standard InChI is InChI=1S/C38H42/c1-3-5-7-15-25-33-34(26-16-8-6-4-2)37(29-19-11-9-12-20-29)38(30-21-13-10-14-22-30)36-28-32-24-18-17-23-31(32)27-35(33)36/h9-14,17-24,27-28H,3-8,15-16,25-26H2,1-2H3. The molecule has 0 atom stereocenters. The van der Waals surface area contributed by atoms with Crippen LogP contribution in [0.4, 0.5) is 0 Å². The average Bonchev–Trinajstić information content (AvgIpc) is 2.97. The van der Waals surface area contributed by atoms with Gasteiger partial charge in [0.25, 0.3) is 0 Å². The van der Waals surface area contributed by atoms with Gasteiger partial charge in [0.15, 0.2) is 0 Å². The third-order valence-corrected chi connectivity index (χ3v) is 8.08. The van der Waals surface area contributed by atoms with Gasteiger partial charge in [0.05, 0.1) is 0 Å². The first-order chi connectivity index (χ1) is 18.8. The van der Waals surface area contributed by atoms with E-state index in [0.717, 1.165) is 12.8 Å². The molecular formula is C38H42. The van der Waals surface area contributed by atoms with Gasteiger partial charge in [-0.1, -0.05) is 137 Å². The molecule has 0 radical (unpaired) electrons. The predicted octanol–water partition coefficient (Wildman–Crippen LogP) is 11.6. The number of fused-ring (bicyclic) bond motifs is 2. The van der Waals surface area contributed by atoms with E-state index in [1.165, 1.54) is 95.2 Å². The summed E-state index contributed by atoms with van der Waals surface area (Å²) in [6.45, 7) is 4.62. The van der Waals surface area contributed by atoms with Crippen molar-refractivity contribution < 1.29 is 0 Å². The Morgan fingerprint density at radius 2 is 0.895 bits per heavy atom. The van der Waals surface area contributed by atoms with E-state index >= 15 is 0 Å². The van der Waals surface area contributed by atoms with Gasteiger partial charge in [-0.3, -0.25) is 0 Å². The van der Waals surface area contributed by atoms with Crippen molar-refractivity contribution in [2.45, 2.75) is 78.1 Å². The van der Waals surface area contributed by atoms with E-state index in [1.807, 2.05) is 0 Å². The largest absolute Gasteiger partial charge is 0.0654 e. The minimum atomic E-state index is 1.15. The molecule has 0 aliphatic carbocycles. The van der Waals surface area contributed by atoms with Crippen molar-refractivity contribution >= 4 is 21.5 Å². The number of hydrogen-bond donors (Lipinski definition) is 0. The number of benzene rings is 5. The van der Waals surface area contributed by atoms with Crippen LogP contribution in [0.25, 0.3) is 43.8 Å². The molecule has 0 amide bonds. The molecule has 5 aromatic rings. The Kier molecular flexibility index (Phi) is 8.92. The first kappa shape index (κ1) is 26.2. The molecule has 0 saturated carbocycles. The highest BCUT2D eigenvalue weighted by Gasteiger charge is 2.22. The molecule has 0 unspecified atom stereocenters. The molecule has 0 saturated heterocycles. The van der Waals surface area contributed by atoms with Gasteiger partial charge < -0.3 is 0 Å². The molecule has 5 rings (SSSR count). The summed E-state index contributed by atoms with van der Waals surface area (Å²) in [6, 6.07) is 36.2. The lowest BCUT2D eigenvalue weighted by atomic mass is 9.79. The molecule has 0 N–H and O–H groups in total. The van der Waals surface area contributed by atoms with Crippen molar-refractivity contribution in [3.8, 4) is 22.3 Å². The van der Waals surface area contributed by atoms with Gasteiger partial charge in [-0.2, -0.15) is 0 Å². The average molecular weight is 499 g/mol. The third-order valence-electron chi connectivity index (χ3n) is 8.08. The van der Waals surface area contributed by atoms with Crippen molar-refractivity contribution in [2.75, 3.05) is 0 Å². The van der Waals surface area contributed by atoms with E-state index in [1.54, 1.807) is 11.1 Å². The normalized spacial score (nSPS) is 11.4. The zero-order chi connectivity index (χ0) is 26.2. The van der Waals surface area contributed by atoms with Crippen LogP contribution in [0.3, 0.4) is 0 Å². The quantitative estimate of drug-likeness (QED) is 0.118. The number of hydrogen-bond acceptors (Lipinski definition) is 0. The molecule has 0 aliphatic heterocycles. The fourth-order valence-corrected chi connectivity index (χ4v) is 6.14. The number of aryl methyl sites for hydroxylation is 1. The maximum Gasteiger partial charge on any atom is -0.00236 e. The lowest BCUT2D eigenvalue weighted by Gasteiger charge is -2.24. The van der Waals surface area contributed by atoms with Gasteiger partial charge in [0.1, 0.15) is 0 Å². The Hall–Kier alpha value is -3.38. The fourth-order valence-electron chi connectivity index (χ4n) is 6.14. The van der Waals surface area contributed by atoms with Gasteiger partial charge >= 0.3 is 0 Å². The molecule has 0 nitrogen and oxygen atoms in total. The lowest BCUT2D eigenvalue weighted by Crippen LogP contribution is -2.04. The second kappa shape index (κ2) is 12.9. The SMILES string of the molecule is CCCCCCc1c(-c2ccccc2)c(-c2ccccc2)c2cc3ccccc3cc2c1CCCCCC. The molecule has 0 spiro atoms. The van der Waals surface area contributed by atoms with E-state index in [9.17, 15) is 0 Å². The summed E-state index contributed by atoms with van der Waals surface area (Å²) < 4.78 is 0. The van der Waals surface area contributed by atoms with Crippen LogP contribution >= 0.6 is 0 Å². The number of rotatable bonds is 12. The van der Waals surface area contributed by atoms with Gasteiger partial charge in [0.2, 0.25) is 0 Å². The topological polar surface area (TPSA) is 0 Å². The molecule has 0 fully saturated rings. The fraction of sp³-hybridized carbons (Fsp3) is 0.316. The number of unbranched alkanes of at least 4 members (excludes halogenated alkanes) is 6. The molecule has 0 aromatic heterocycles. The predicted molar refractivity (Wildman–Crippen MR) is 168 cm³/mol. The van der Waals surface area contributed by atoms with E-state index in [2.05, 4.69) is 111 Å². The zero-order valence-corrected chi connectivity index (χ0v) is 23.3. The highest BCUT2D eigenvalue weighted by molar-refractivity contribution is 6.11. The summed E-state index contributed by atoms with van der Waals surface area (Å²) in [5.74, 6) is 0. The van der Waals surface area contributed by atoms with E-state index in [0.29, 0.717) is 0 Å². The smallest absolute Gasteiger partial charge is 0.00236 e. The third kappa shape index (κ3) is 5.70. The van der Waals surface area contributed by atoms with Crippen LogP contribution in [-0.2, 0) is 12.8 Å². The molecular weight excluding hydrogens is 456 g/mol. The highest BCUT2D eigenvalue weighted by Crippen LogP contribution is 2.45. The van der Waals surface area contributed by atoms with Crippen molar-refractivity contribution in [3.05, 3.63) is 108 Å². The Morgan fingerprint density at radius 3 is 1.45 bits per heavy atom. The molecule has 0 aliphatic rings. The summed E-state index contributed by atoms with van der Waals surface area (Å²) in [7, 11) is 0. The van der Waals surface area contributed by atoms with Crippen LogP contribution in [0.5, 0.6) is 0 Å². The van der Waals surface area contributed by atoms with Crippen molar-refractivity contribution in [1.29, 1.82) is 0 Å². The minimum absolute atomic E-state index is 1.15. The molecule has 38 heavy (non-hydrogen) atoms. The van der Waals surface area contributed by atoms with E-state index in [-0.39, 0.29) is 0 Å². The summed E-state index contributed by atoms with van der Waals surface area (Å²) in [5, 5.41) is 5.53. The van der Waals surface area contributed by atoms with Crippen LogP contribution in [-0.4, -0.2) is 0 Å². The van der Waals surface area contributed by atoms with Crippen LogP contribution < -0.4 is 0 Å².